The second-order valence-corrected chi connectivity index (χ2v) is 8.30. The first-order chi connectivity index (χ1) is 13.7. The van der Waals surface area contributed by atoms with E-state index in [9.17, 15) is 9.90 Å². The van der Waals surface area contributed by atoms with Crippen molar-refractivity contribution >= 4 is 27.5 Å². The fourth-order valence-corrected chi connectivity index (χ4v) is 4.88. The summed E-state index contributed by atoms with van der Waals surface area (Å²) in [7, 11) is 0. The Labute approximate surface area is 166 Å². The van der Waals surface area contributed by atoms with E-state index >= 15 is 0 Å². The molecule has 5 rings (SSSR count). The van der Waals surface area contributed by atoms with Crippen LogP contribution in [0.2, 0.25) is 0 Å². The van der Waals surface area contributed by atoms with Gasteiger partial charge >= 0.3 is 0 Å². The summed E-state index contributed by atoms with van der Waals surface area (Å²) in [6, 6.07) is 11.7. The molecule has 0 aliphatic carbocycles. The minimum absolute atomic E-state index is 0.0302. The number of hydrogen-bond donors (Lipinski definition) is 2. The van der Waals surface area contributed by atoms with Crippen LogP contribution in [0.25, 0.3) is 20.8 Å². The third-order valence-corrected chi connectivity index (χ3v) is 6.46. The van der Waals surface area contributed by atoms with Crippen molar-refractivity contribution in [2.75, 3.05) is 26.2 Å². The molecule has 0 unspecified atom stereocenters. The second kappa shape index (κ2) is 7.07. The maximum Gasteiger partial charge on any atom is 0.227 e. The smallest absolute Gasteiger partial charge is 0.227 e. The van der Waals surface area contributed by atoms with Crippen molar-refractivity contribution in [2.45, 2.75) is 13.0 Å². The van der Waals surface area contributed by atoms with Gasteiger partial charge in [-0.3, -0.25) is 4.79 Å². The zero-order chi connectivity index (χ0) is 19.1. The van der Waals surface area contributed by atoms with E-state index in [1.807, 2.05) is 35.2 Å². The number of thiazole rings is 1. The lowest BCUT2D eigenvalue weighted by Gasteiger charge is -2.23. The maximum absolute atomic E-state index is 12.9. The Morgan fingerprint density at radius 1 is 1.32 bits per heavy atom. The van der Waals surface area contributed by atoms with Gasteiger partial charge in [-0.15, -0.1) is 11.3 Å². The Morgan fingerprint density at radius 3 is 3.04 bits per heavy atom. The van der Waals surface area contributed by atoms with Gasteiger partial charge in [0.25, 0.3) is 0 Å². The topological polar surface area (TPSA) is 74.7 Å². The number of amides is 1. The zero-order valence-electron chi connectivity index (χ0n) is 15.4. The van der Waals surface area contributed by atoms with Crippen molar-refractivity contribution in [1.82, 2.24) is 15.2 Å². The van der Waals surface area contributed by atoms with Gasteiger partial charge in [0.1, 0.15) is 11.6 Å². The zero-order valence-corrected chi connectivity index (χ0v) is 16.2. The molecule has 2 aromatic carbocycles. The molecule has 2 aliphatic rings. The van der Waals surface area contributed by atoms with Crippen molar-refractivity contribution in [1.29, 1.82) is 0 Å². The third-order valence-electron chi connectivity index (χ3n) is 5.38. The van der Waals surface area contributed by atoms with Gasteiger partial charge in [0.2, 0.25) is 5.91 Å². The fourth-order valence-electron chi connectivity index (χ4n) is 3.93. The van der Waals surface area contributed by atoms with Gasteiger partial charge in [-0.2, -0.15) is 0 Å². The van der Waals surface area contributed by atoms with Crippen molar-refractivity contribution in [2.24, 2.45) is 5.92 Å². The molecule has 0 bridgehead atoms. The van der Waals surface area contributed by atoms with E-state index in [-0.39, 0.29) is 17.6 Å². The molecule has 1 saturated heterocycles. The quantitative estimate of drug-likeness (QED) is 0.698. The summed E-state index contributed by atoms with van der Waals surface area (Å²) in [4.78, 5) is 19.4. The summed E-state index contributed by atoms with van der Waals surface area (Å²) in [6.07, 6.45) is 0.875. The molecular weight excluding hydrogens is 374 g/mol. The van der Waals surface area contributed by atoms with Crippen LogP contribution in [0.1, 0.15) is 12.0 Å². The molecule has 0 radical (unpaired) electrons. The highest BCUT2D eigenvalue weighted by atomic mass is 32.1. The Morgan fingerprint density at radius 2 is 2.21 bits per heavy atom. The van der Waals surface area contributed by atoms with E-state index < -0.39 is 0 Å². The Balaban J connectivity index is 1.50. The minimum Gasteiger partial charge on any atom is -0.504 e. The van der Waals surface area contributed by atoms with Crippen molar-refractivity contribution in [3.8, 4) is 22.1 Å². The van der Waals surface area contributed by atoms with E-state index in [0.717, 1.165) is 45.9 Å². The monoisotopic (exact) mass is 395 g/mol. The number of fused-ring (bicyclic) bond motifs is 2. The Hall–Kier alpha value is -2.64. The molecule has 1 aromatic heterocycles. The molecule has 1 amide bonds. The van der Waals surface area contributed by atoms with Crippen LogP contribution in [0.3, 0.4) is 0 Å². The fraction of sp³-hybridized carbons (Fsp3) is 0.333. The molecule has 1 fully saturated rings. The van der Waals surface area contributed by atoms with Gasteiger partial charge in [0, 0.05) is 24.2 Å². The van der Waals surface area contributed by atoms with E-state index in [4.69, 9.17) is 9.72 Å². The van der Waals surface area contributed by atoms with Crippen LogP contribution >= 0.6 is 11.3 Å². The molecule has 7 heteroatoms. The number of nitrogens with zero attached hydrogens (tertiary/aromatic N) is 2. The SMILES string of the molecule is O=C([C@H]1CCNC1)N1CCOc2c(O)cc(-c3nc4ccccc4s3)cc2C1. The van der Waals surface area contributed by atoms with Gasteiger partial charge in [-0.1, -0.05) is 12.1 Å². The molecule has 0 saturated carbocycles. The van der Waals surface area contributed by atoms with E-state index in [1.54, 1.807) is 17.4 Å². The highest BCUT2D eigenvalue weighted by Gasteiger charge is 2.30. The number of benzene rings is 2. The van der Waals surface area contributed by atoms with Gasteiger partial charge in [-0.25, -0.2) is 4.98 Å². The molecule has 6 nitrogen and oxygen atoms in total. The summed E-state index contributed by atoms with van der Waals surface area (Å²) in [5.74, 6) is 0.766. The van der Waals surface area contributed by atoms with Crippen LogP contribution in [-0.2, 0) is 11.3 Å². The molecule has 144 valence electrons. The summed E-state index contributed by atoms with van der Waals surface area (Å²) in [5.41, 5.74) is 2.61. The highest BCUT2D eigenvalue weighted by Crippen LogP contribution is 2.39. The number of para-hydroxylation sites is 1. The predicted octanol–water partition coefficient (Wildman–Crippen LogP) is 3.00. The van der Waals surface area contributed by atoms with Gasteiger partial charge < -0.3 is 20.1 Å². The maximum atomic E-state index is 12.9. The number of aromatic nitrogens is 1. The Bertz CT molecular complexity index is 1010. The number of hydrogen-bond acceptors (Lipinski definition) is 6. The van der Waals surface area contributed by atoms with Crippen LogP contribution in [0.5, 0.6) is 11.5 Å². The van der Waals surface area contributed by atoms with Crippen LogP contribution in [0, 0.1) is 5.92 Å². The molecule has 3 heterocycles. The molecular formula is C21H21N3O3S. The van der Waals surface area contributed by atoms with Crippen LogP contribution < -0.4 is 10.1 Å². The van der Waals surface area contributed by atoms with E-state index in [1.165, 1.54) is 0 Å². The first-order valence-corrected chi connectivity index (χ1v) is 10.3. The average Bonchev–Trinajstić information content (AvgIpc) is 3.33. The predicted molar refractivity (Wildman–Crippen MR) is 109 cm³/mol. The molecule has 2 aliphatic heterocycles. The van der Waals surface area contributed by atoms with Gasteiger partial charge in [-0.05, 0) is 37.2 Å². The van der Waals surface area contributed by atoms with E-state index in [2.05, 4.69) is 5.32 Å². The van der Waals surface area contributed by atoms with Crippen molar-refractivity contribution < 1.29 is 14.6 Å². The first kappa shape index (κ1) is 17.5. The number of rotatable bonds is 2. The summed E-state index contributed by atoms with van der Waals surface area (Å²) < 4.78 is 6.90. The van der Waals surface area contributed by atoms with Gasteiger partial charge in [0.15, 0.2) is 11.5 Å². The second-order valence-electron chi connectivity index (χ2n) is 7.27. The number of phenols is 1. The van der Waals surface area contributed by atoms with Crippen molar-refractivity contribution in [3.63, 3.8) is 0 Å². The average molecular weight is 395 g/mol. The number of carbonyl (C=O) groups excluding carboxylic acids is 1. The van der Waals surface area contributed by atoms with Crippen LogP contribution in [0.4, 0.5) is 0 Å². The Kier molecular flexibility index (Phi) is 4.41. The molecule has 3 aromatic rings. The summed E-state index contributed by atoms with van der Waals surface area (Å²) in [6.45, 7) is 2.98. The molecule has 0 spiro atoms. The molecule has 28 heavy (non-hydrogen) atoms. The summed E-state index contributed by atoms with van der Waals surface area (Å²) >= 11 is 1.59. The van der Waals surface area contributed by atoms with Crippen molar-refractivity contribution in [3.05, 3.63) is 42.0 Å². The minimum atomic E-state index is 0.0302. The standard InChI is InChI=1S/C21H21N3O3S/c25-17-10-14(20-23-16-3-1-2-4-18(16)28-20)9-15-12-24(7-8-27-19(15)17)21(26)13-5-6-22-11-13/h1-4,9-10,13,22,25H,5-8,11-12H2/t13-/m0/s1. The van der Waals surface area contributed by atoms with Gasteiger partial charge in [0.05, 0.1) is 22.7 Å². The third kappa shape index (κ3) is 3.10. The normalized spacial score (nSPS) is 19.3. The van der Waals surface area contributed by atoms with Crippen LogP contribution in [-0.4, -0.2) is 47.1 Å². The molecule has 1 atom stereocenters. The lowest BCUT2D eigenvalue weighted by Crippen LogP contribution is -2.37. The lowest BCUT2D eigenvalue weighted by atomic mass is 10.1. The number of carbonyl (C=O) groups is 1. The number of ether oxygens (including phenoxy) is 1. The number of phenolic OH excluding ortho intramolecular Hbond substituents is 1. The van der Waals surface area contributed by atoms with E-state index in [0.29, 0.717) is 25.4 Å². The number of nitrogens with one attached hydrogen (secondary N) is 1. The van der Waals surface area contributed by atoms with Crippen LogP contribution in [0.15, 0.2) is 36.4 Å². The summed E-state index contributed by atoms with van der Waals surface area (Å²) in [5, 5.41) is 14.7. The molecule has 2 N–H and O–H groups in total. The largest absolute Gasteiger partial charge is 0.504 e. The highest BCUT2D eigenvalue weighted by molar-refractivity contribution is 7.21. The first-order valence-electron chi connectivity index (χ1n) is 9.53. The lowest BCUT2D eigenvalue weighted by molar-refractivity contribution is -0.135. The number of aromatic hydroxyl groups is 1.